The Morgan fingerprint density at radius 1 is 0.528 bits per heavy atom. The van der Waals surface area contributed by atoms with Crippen LogP contribution in [-0.2, 0) is 0 Å². The van der Waals surface area contributed by atoms with Crippen molar-refractivity contribution in [3.63, 3.8) is 0 Å². The molecule has 5 heteroatoms. The summed E-state index contributed by atoms with van der Waals surface area (Å²) in [4.78, 5) is -0.0475. The van der Waals surface area contributed by atoms with Gasteiger partial charge in [0.05, 0.1) is 40.0 Å². The first-order valence-corrected chi connectivity index (χ1v) is 19.7. The molecular weight excluding hydrogens is 677 g/mol. The zero-order chi connectivity index (χ0) is 49.7. The molecule has 248 valence electrons. The van der Waals surface area contributed by atoms with Gasteiger partial charge in [0.1, 0.15) is 11.5 Å². The van der Waals surface area contributed by atoms with Crippen LogP contribution in [0, 0.1) is 0 Å². The van der Waals surface area contributed by atoms with Gasteiger partial charge in [-0.3, -0.25) is 0 Å². The molecule has 0 saturated heterocycles. The molecule has 0 radical (unpaired) electrons. The van der Waals surface area contributed by atoms with E-state index in [1.807, 2.05) is 91.0 Å². The molecule has 11 rings (SSSR count). The monoisotopic (exact) mass is 726 g/mol. The van der Waals surface area contributed by atoms with Crippen LogP contribution in [0.2, 0.25) is 0 Å². The van der Waals surface area contributed by atoms with E-state index in [2.05, 4.69) is 0 Å². The molecule has 2 aliphatic rings. The maximum absolute atomic E-state index is 10.3. The lowest BCUT2D eigenvalue weighted by atomic mass is 9.57. The van der Waals surface area contributed by atoms with Gasteiger partial charge in [0.15, 0.2) is 8.07 Å². The van der Waals surface area contributed by atoms with E-state index in [0.717, 1.165) is 31.7 Å². The van der Waals surface area contributed by atoms with E-state index in [1.165, 1.54) is 0 Å². The van der Waals surface area contributed by atoms with E-state index in [-0.39, 0.29) is 72.5 Å². The molecule has 0 unspecified atom stereocenters. The molecule has 1 aromatic heterocycles. The van der Waals surface area contributed by atoms with E-state index in [4.69, 9.17) is 15.7 Å². The first kappa shape index (κ1) is 18.2. The molecule has 0 saturated carbocycles. The number of hydrogen-bond acceptors (Lipinski definition) is 2. The first-order valence-electron chi connectivity index (χ1n) is 25.3. The summed E-state index contributed by atoms with van der Waals surface area (Å²) in [6, 6.07) is 18.3. The minimum Gasteiger partial charge on any atom is -0.458 e. The van der Waals surface area contributed by atoms with Gasteiger partial charge in [0.2, 0.25) is 0 Å². The quantitative estimate of drug-likeness (QED) is 0.131. The molecule has 8 aromatic carbocycles. The lowest BCUT2D eigenvalue weighted by molar-refractivity contribution is 0.488. The van der Waals surface area contributed by atoms with Gasteiger partial charge in [-0.15, -0.1) is 0 Å². The molecule has 0 spiro atoms. The number of hydrogen-bond donors (Lipinski definition) is 0. The second-order valence-corrected chi connectivity index (χ2v) is 17.5. The Morgan fingerprint density at radius 3 is 1.72 bits per heavy atom. The van der Waals surface area contributed by atoms with Crippen LogP contribution >= 0.6 is 11.6 Å². The van der Waals surface area contributed by atoms with Crippen LogP contribution in [0.3, 0.4) is 0 Å². The van der Waals surface area contributed by atoms with E-state index in [0.29, 0.717) is 0 Å². The number of ether oxygens (including phenoxy) is 1. The fourth-order valence-electron chi connectivity index (χ4n) is 7.69. The molecule has 0 amide bonds. The summed E-state index contributed by atoms with van der Waals surface area (Å²) in [6.45, 7) is 0. The predicted octanol–water partition coefficient (Wildman–Crippen LogP) is 8.15. The second kappa shape index (κ2) is 12.0. The summed E-state index contributed by atoms with van der Waals surface area (Å²) in [6.07, 6.45) is 0. The van der Waals surface area contributed by atoms with Gasteiger partial charge in [-0.1, -0.05) is 157 Å². The number of aromatic nitrogens is 1. The molecular formula is C48H32BNOSSi. The lowest BCUT2D eigenvalue weighted by Crippen LogP contribution is -2.74. The Morgan fingerprint density at radius 2 is 1.09 bits per heavy atom. The van der Waals surface area contributed by atoms with Crippen molar-refractivity contribution in [2.45, 2.75) is 4.90 Å². The zero-order valence-electron chi connectivity index (χ0n) is 44.5. The summed E-state index contributed by atoms with van der Waals surface area (Å²) < 4.78 is 165. The number of benzene rings is 8. The fourth-order valence-corrected chi connectivity index (χ4v) is 13.4. The normalized spacial score (nSPS) is 17.4. The van der Waals surface area contributed by atoms with Gasteiger partial charge in [-0.25, -0.2) is 0 Å². The Hall–Kier alpha value is -6.01. The molecule has 53 heavy (non-hydrogen) atoms. The zero-order valence-corrected chi connectivity index (χ0v) is 29.3. The number of rotatable bonds is 5. The number of para-hydroxylation sites is 2. The summed E-state index contributed by atoms with van der Waals surface area (Å²) in [7, 11) is -3.78. The minimum absolute atomic E-state index is 0.000656. The van der Waals surface area contributed by atoms with Crippen molar-refractivity contribution >= 4 is 79.2 Å². The first-order chi connectivity index (χ1) is 33.4. The van der Waals surface area contributed by atoms with Crippen molar-refractivity contribution in [1.29, 1.82) is 0 Å². The van der Waals surface area contributed by atoms with Gasteiger partial charge in [0.25, 0.3) is 5.99 Å². The van der Waals surface area contributed by atoms with Crippen LogP contribution in [0.15, 0.2) is 199 Å². The van der Waals surface area contributed by atoms with E-state index in [9.17, 15) is 12.3 Å². The highest BCUT2D eigenvalue weighted by Gasteiger charge is 2.44. The molecule has 3 heterocycles. The molecule has 0 N–H and O–H groups in total. The molecule has 9 aromatic rings. The van der Waals surface area contributed by atoms with E-state index < -0.39 is 115 Å². The maximum atomic E-state index is 10.3. The highest BCUT2D eigenvalue weighted by Crippen LogP contribution is 2.44. The van der Waals surface area contributed by atoms with Crippen molar-refractivity contribution in [2.24, 2.45) is 0 Å². The SMILES string of the molecule is [2H]c1c([2H])c([2H])c2c(c1[2H])SB1c3c([2H])c([2H])c([Si](c4ccccc4)(c4ccccc4)c4ccccc4)c([2H])c3Oc3c([2H])c(-n4c5c([2H])c([2H])c([2H])c([2H])c5c5c([2H])c([2H])c([2H])c([2H])c54)c([2H])c-2c31. The second-order valence-electron chi connectivity index (χ2n) is 12.6. The van der Waals surface area contributed by atoms with Crippen LogP contribution in [0.25, 0.3) is 38.6 Å². The van der Waals surface area contributed by atoms with Crippen molar-refractivity contribution < 1.29 is 28.0 Å². The third-order valence-electron chi connectivity index (χ3n) is 9.91. The average Bonchev–Trinajstić information content (AvgIpc) is 3.73. The van der Waals surface area contributed by atoms with Crippen LogP contribution in [0.5, 0.6) is 11.5 Å². The molecule has 2 nitrogen and oxygen atoms in total. The van der Waals surface area contributed by atoms with Crippen molar-refractivity contribution in [2.75, 3.05) is 0 Å². The third-order valence-corrected chi connectivity index (χ3v) is 15.8. The molecule has 0 bridgehead atoms. The van der Waals surface area contributed by atoms with Crippen LogP contribution < -0.4 is 36.4 Å². The number of nitrogens with zero attached hydrogens (tertiary/aromatic N) is 1. The fraction of sp³-hybridized carbons (Fsp3) is 0. The van der Waals surface area contributed by atoms with Gasteiger partial charge >= 0.3 is 0 Å². The molecule has 0 aliphatic carbocycles. The highest BCUT2D eigenvalue weighted by molar-refractivity contribution is 8.28. The smallest absolute Gasteiger partial charge is 0.289 e. The number of fused-ring (bicyclic) bond motifs is 7. The summed E-state index contributed by atoms with van der Waals surface area (Å²) >= 11 is 0.907. The predicted molar refractivity (Wildman–Crippen MR) is 227 cm³/mol. The Kier molecular flexibility index (Phi) is 4.12. The molecule has 0 fully saturated rings. The van der Waals surface area contributed by atoms with Gasteiger partial charge < -0.3 is 9.30 Å². The van der Waals surface area contributed by atoms with Gasteiger partial charge in [-0.2, -0.15) is 11.6 Å². The third kappa shape index (κ3) is 4.54. The van der Waals surface area contributed by atoms with Crippen LogP contribution in [-0.4, -0.2) is 18.6 Å². The lowest BCUT2D eigenvalue weighted by Gasteiger charge is -2.37. The summed E-state index contributed by atoms with van der Waals surface area (Å²) in [5.74, 6) is -1.77. The Balaban J connectivity index is 1.33. The average molecular weight is 727 g/mol. The Labute approximate surface area is 338 Å². The van der Waals surface area contributed by atoms with Crippen molar-refractivity contribution in [3.05, 3.63) is 194 Å². The van der Waals surface area contributed by atoms with Gasteiger partial charge in [0, 0.05) is 21.7 Å². The maximum Gasteiger partial charge on any atom is 0.289 e. The van der Waals surface area contributed by atoms with Crippen molar-refractivity contribution in [3.8, 4) is 28.3 Å². The largest absolute Gasteiger partial charge is 0.458 e. The van der Waals surface area contributed by atoms with Crippen LogP contribution in [0.4, 0.5) is 0 Å². The minimum atomic E-state index is -3.78. The Bertz CT molecular complexity index is 3650. The van der Waals surface area contributed by atoms with Crippen molar-refractivity contribution in [1.82, 2.24) is 4.57 Å². The van der Waals surface area contributed by atoms with Crippen LogP contribution in [0.1, 0.15) is 23.3 Å². The standard InChI is InChI=1S/C48H32BNOSSi/c1-4-16-34(17-5-1)53(35-18-6-2-7-19-35,36-20-8-3-9-21-36)37-28-29-42-45(32-37)51-46-31-33(30-41-40-24-12-15-27-47(40)52-49(42)48(41)46)50-43-25-13-10-22-38(43)39-23-11-14-26-44(39)50/h1-32H/i10D,11D,12D,13D,14D,15D,22D,23D,24D,25D,26D,27D,28D,29D,30D,31D,32D. The molecule has 2 aliphatic heterocycles. The topological polar surface area (TPSA) is 14.2 Å². The van der Waals surface area contributed by atoms with Gasteiger partial charge in [-0.05, 0) is 73.0 Å². The summed E-state index contributed by atoms with van der Waals surface area (Å²) in [5, 5.41) is 1.91. The molecule has 0 atom stereocenters. The van der Waals surface area contributed by atoms with E-state index >= 15 is 0 Å². The summed E-state index contributed by atoms with van der Waals surface area (Å²) in [5.41, 5.74) is -1.64. The highest BCUT2D eigenvalue weighted by atomic mass is 32.2. The van der Waals surface area contributed by atoms with E-state index in [1.54, 1.807) is 0 Å².